The SMILES string of the molecule is CCOC(=O)[C@@H]1[C@@H]2COc3cc(C#C[Si](C)(C)C)ccc3[C@@H]21. The second-order valence-corrected chi connectivity index (χ2v) is 11.8. The summed E-state index contributed by atoms with van der Waals surface area (Å²) in [4.78, 5) is 12.0. The highest BCUT2D eigenvalue weighted by Gasteiger charge is 2.59. The van der Waals surface area contributed by atoms with E-state index in [1.807, 2.05) is 19.1 Å². The van der Waals surface area contributed by atoms with Gasteiger partial charge in [0.2, 0.25) is 0 Å². The van der Waals surface area contributed by atoms with Crippen LogP contribution in [0.3, 0.4) is 0 Å². The minimum atomic E-state index is -1.38. The normalized spacial score (nSPS) is 25.0. The molecule has 3 atom stereocenters. The van der Waals surface area contributed by atoms with Crippen LogP contribution in [0.15, 0.2) is 18.2 Å². The number of esters is 1. The molecule has 1 fully saturated rings. The Kier molecular flexibility index (Phi) is 3.78. The maximum atomic E-state index is 12.0. The van der Waals surface area contributed by atoms with Gasteiger partial charge in [0.15, 0.2) is 0 Å². The van der Waals surface area contributed by atoms with Gasteiger partial charge in [-0.25, -0.2) is 0 Å². The predicted molar refractivity (Wildman–Crippen MR) is 88.5 cm³/mol. The molecular weight excluding hydrogens is 292 g/mol. The fourth-order valence-electron chi connectivity index (χ4n) is 3.02. The van der Waals surface area contributed by atoms with E-state index in [0.29, 0.717) is 13.2 Å². The van der Waals surface area contributed by atoms with E-state index in [1.54, 1.807) is 0 Å². The monoisotopic (exact) mass is 314 g/mol. The van der Waals surface area contributed by atoms with E-state index in [-0.39, 0.29) is 23.7 Å². The highest BCUT2D eigenvalue weighted by molar-refractivity contribution is 6.83. The summed E-state index contributed by atoms with van der Waals surface area (Å²) < 4.78 is 11.0. The van der Waals surface area contributed by atoms with Crippen LogP contribution in [0.25, 0.3) is 0 Å². The maximum absolute atomic E-state index is 12.0. The molecule has 2 aliphatic rings. The fraction of sp³-hybridized carbons (Fsp3) is 0.500. The molecule has 0 saturated heterocycles. The Hall–Kier alpha value is -1.73. The van der Waals surface area contributed by atoms with Crippen molar-refractivity contribution in [3.05, 3.63) is 29.3 Å². The van der Waals surface area contributed by atoms with Crippen molar-refractivity contribution in [1.29, 1.82) is 0 Å². The van der Waals surface area contributed by atoms with Crippen molar-refractivity contribution in [3.63, 3.8) is 0 Å². The Balaban J connectivity index is 1.81. The Morgan fingerprint density at radius 2 is 2.18 bits per heavy atom. The lowest BCUT2D eigenvalue weighted by atomic mass is 10.0. The molecule has 1 heterocycles. The molecule has 22 heavy (non-hydrogen) atoms. The zero-order valence-corrected chi connectivity index (χ0v) is 14.6. The second-order valence-electron chi connectivity index (χ2n) is 7.03. The van der Waals surface area contributed by atoms with Gasteiger partial charge in [-0.1, -0.05) is 31.6 Å². The molecule has 0 bridgehead atoms. The van der Waals surface area contributed by atoms with Crippen LogP contribution in [0.1, 0.15) is 24.0 Å². The maximum Gasteiger partial charge on any atom is 0.309 e. The molecule has 4 heteroatoms. The third-order valence-electron chi connectivity index (χ3n) is 4.11. The molecule has 1 aliphatic carbocycles. The first kappa shape index (κ1) is 15.2. The van der Waals surface area contributed by atoms with Crippen LogP contribution >= 0.6 is 0 Å². The minimum absolute atomic E-state index is 0.0277. The summed E-state index contributed by atoms with van der Waals surface area (Å²) in [5, 5.41) is 0. The zero-order valence-electron chi connectivity index (χ0n) is 13.6. The quantitative estimate of drug-likeness (QED) is 0.478. The number of carbonyl (C=O) groups excluding carboxylic acids is 1. The van der Waals surface area contributed by atoms with Gasteiger partial charge in [-0.05, 0) is 24.6 Å². The number of hydrogen-bond donors (Lipinski definition) is 0. The molecule has 3 nitrogen and oxygen atoms in total. The minimum Gasteiger partial charge on any atom is -0.493 e. The third-order valence-corrected chi connectivity index (χ3v) is 4.99. The van der Waals surface area contributed by atoms with Crippen LogP contribution in [0.5, 0.6) is 5.75 Å². The summed E-state index contributed by atoms with van der Waals surface area (Å²) in [5.41, 5.74) is 5.50. The summed E-state index contributed by atoms with van der Waals surface area (Å²) in [5.74, 6) is 4.58. The second kappa shape index (κ2) is 5.48. The van der Waals surface area contributed by atoms with E-state index in [0.717, 1.165) is 16.9 Å². The van der Waals surface area contributed by atoms with Crippen LogP contribution in [0.4, 0.5) is 0 Å². The molecule has 1 saturated carbocycles. The molecule has 116 valence electrons. The van der Waals surface area contributed by atoms with Crippen molar-refractivity contribution < 1.29 is 14.3 Å². The third kappa shape index (κ3) is 2.91. The Labute approximate surface area is 133 Å². The summed E-state index contributed by atoms with van der Waals surface area (Å²) >= 11 is 0. The first-order valence-electron chi connectivity index (χ1n) is 7.87. The van der Waals surface area contributed by atoms with Gasteiger partial charge in [-0.3, -0.25) is 4.79 Å². The van der Waals surface area contributed by atoms with Crippen molar-refractivity contribution in [3.8, 4) is 17.2 Å². The van der Waals surface area contributed by atoms with Gasteiger partial charge in [0.05, 0.1) is 19.1 Å². The lowest BCUT2D eigenvalue weighted by molar-refractivity contribution is -0.145. The summed E-state index contributed by atoms with van der Waals surface area (Å²) in [7, 11) is -1.38. The van der Waals surface area contributed by atoms with Gasteiger partial charge in [-0.15, -0.1) is 5.54 Å². The van der Waals surface area contributed by atoms with E-state index in [4.69, 9.17) is 9.47 Å². The van der Waals surface area contributed by atoms with Crippen molar-refractivity contribution in [1.82, 2.24) is 0 Å². The zero-order chi connectivity index (χ0) is 15.9. The number of rotatable bonds is 2. The number of ether oxygens (including phenoxy) is 2. The summed E-state index contributed by atoms with van der Waals surface area (Å²) in [6.07, 6.45) is 0. The van der Waals surface area contributed by atoms with Gasteiger partial charge < -0.3 is 9.47 Å². The molecule has 0 aromatic heterocycles. The topological polar surface area (TPSA) is 35.5 Å². The molecule has 0 spiro atoms. The highest BCUT2D eigenvalue weighted by atomic mass is 28.3. The van der Waals surface area contributed by atoms with E-state index in [2.05, 4.69) is 37.2 Å². The smallest absolute Gasteiger partial charge is 0.309 e. The summed E-state index contributed by atoms with van der Waals surface area (Å²) in [6.45, 7) is 9.58. The van der Waals surface area contributed by atoms with Crippen molar-refractivity contribution in [2.24, 2.45) is 11.8 Å². The molecule has 3 rings (SSSR count). The van der Waals surface area contributed by atoms with Gasteiger partial charge >= 0.3 is 5.97 Å². The average molecular weight is 314 g/mol. The van der Waals surface area contributed by atoms with Crippen LogP contribution < -0.4 is 4.74 Å². The largest absolute Gasteiger partial charge is 0.493 e. The van der Waals surface area contributed by atoms with E-state index < -0.39 is 8.07 Å². The first-order chi connectivity index (χ1) is 10.4. The van der Waals surface area contributed by atoms with Gasteiger partial charge in [0, 0.05) is 17.4 Å². The molecule has 0 radical (unpaired) electrons. The van der Waals surface area contributed by atoms with E-state index >= 15 is 0 Å². The van der Waals surface area contributed by atoms with Crippen LogP contribution in [-0.2, 0) is 9.53 Å². The first-order valence-corrected chi connectivity index (χ1v) is 11.4. The Morgan fingerprint density at radius 1 is 1.41 bits per heavy atom. The molecule has 1 aromatic carbocycles. The Bertz CT molecular complexity index is 663. The van der Waals surface area contributed by atoms with E-state index in [9.17, 15) is 4.79 Å². The van der Waals surface area contributed by atoms with Crippen LogP contribution in [-0.4, -0.2) is 27.3 Å². The molecule has 0 amide bonds. The molecule has 0 N–H and O–H groups in total. The predicted octanol–water partition coefficient (Wildman–Crippen LogP) is 3.20. The van der Waals surface area contributed by atoms with Gasteiger partial charge in [0.1, 0.15) is 13.8 Å². The molecule has 0 unspecified atom stereocenters. The average Bonchev–Trinajstić information content (AvgIpc) is 3.19. The van der Waals surface area contributed by atoms with Crippen molar-refractivity contribution in [2.75, 3.05) is 13.2 Å². The van der Waals surface area contributed by atoms with E-state index in [1.165, 1.54) is 0 Å². The Morgan fingerprint density at radius 3 is 2.86 bits per heavy atom. The summed E-state index contributed by atoms with van der Waals surface area (Å²) in [6, 6.07) is 6.12. The molecule has 1 aromatic rings. The lowest BCUT2D eigenvalue weighted by Gasteiger charge is -2.16. The fourth-order valence-corrected chi connectivity index (χ4v) is 3.54. The van der Waals surface area contributed by atoms with Crippen molar-refractivity contribution in [2.45, 2.75) is 32.5 Å². The lowest BCUT2D eigenvalue weighted by Crippen LogP contribution is -2.16. The number of fused-ring (bicyclic) bond motifs is 3. The van der Waals surface area contributed by atoms with Gasteiger partial charge in [0.25, 0.3) is 0 Å². The number of benzene rings is 1. The van der Waals surface area contributed by atoms with Crippen molar-refractivity contribution >= 4 is 14.0 Å². The van der Waals surface area contributed by atoms with Crippen LogP contribution in [0, 0.1) is 23.3 Å². The molecular formula is C18H22O3Si. The number of carbonyl (C=O) groups is 1. The number of hydrogen-bond acceptors (Lipinski definition) is 3. The standard InChI is InChI=1S/C18H22O3Si/c1-5-20-18(19)17-14-11-21-15-10-12(8-9-22(2,3)4)6-7-13(15)16(14)17/h6-7,10,14,16-17H,5,11H2,1-4H3/t14-,16+,17-/m1/s1. The van der Waals surface area contributed by atoms with Crippen LogP contribution in [0.2, 0.25) is 19.6 Å². The van der Waals surface area contributed by atoms with Gasteiger partial charge in [-0.2, -0.15) is 0 Å². The highest BCUT2D eigenvalue weighted by Crippen LogP contribution is 2.59. The molecule has 1 aliphatic heterocycles.